The maximum atomic E-state index is 14.8. The van der Waals surface area contributed by atoms with E-state index in [-0.39, 0.29) is 28.7 Å². The number of nitrogens with zero attached hydrogens (tertiary/aromatic N) is 6. The number of aromatic carboxylic acids is 1. The highest BCUT2D eigenvalue weighted by Gasteiger charge is 2.52. The van der Waals surface area contributed by atoms with Crippen molar-refractivity contribution in [2.75, 3.05) is 6.61 Å². The van der Waals surface area contributed by atoms with Gasteiger partial charge in [0.2, 0.25) is 0 Å². The molecule has 0 aliphatic carbocycles. The lowest BCUT2D eigenvalue weighted by atomic mass is 10.00. The van der Waals surface area contributed by atoms with Crippen molar-refractivity contribution in [3.05, 3.63) is 127 Å². The third kappa shape index (κ3) is 12.4. The summed E-state index contributed by atoms with van der Waals surface area (Å²) in [5, 5.41) is 38.9. The average Bonchev–Trinajstić information content (AvgIpc) is 4.23. The molecule has 6 aromatic heterocycles. The minimum atomic E-state index is -3.26. The first kappa shape index (κ1) is 55.8. The van der Waals surface area contributed by atoms with Gasteiger partial charge in [-0.25, -0.2) is 44.3 Å². The van der Waals surface area contributed by atoms with Crippen molar-refractivity contribution in [3.63, 3.8) is 0 Å². The molecule has 23 heteroatoms. The van der Waals surface area contributed by atoms with Gasteiger partial charge in [0.05, 0.1) is 24.0 Å². The number of benzene rings is 2. The van der Waals surface area contributed by atoms with Gasteiger partial charge in [0, 0.05) is 32.5 Å². The Morgan fingerprint density at radius 3 is 1.82 bits per heavy atom. The summed E-state index contributed by atoms with van der Waals surface area (Å²) < 4.78 is 18.4. The first-order chi connectivity index (χ1) is 35.9. The van der Waals surface area contributed by atoms with Crippen molar-refractivity contribution >= 4 is 99.3 Å². The van der Waals surface area contributed by atoms with Crippen molar-refractivity contribution in [2.24, 2.45) is 0 Å². The van der Waals surface area contributed by atoms with E-state index in [0.29, 0.717) is 48.4 Å². The molecule has 2 amide bonds. The quantitative estimate of drug-likeness (QED) is 0.0462. The number of carboxylic acids is 1. The van der Waals surface area contributed by atoms with Crippen LogP contribution in [0.3, 0.4) is 0 Å². The van der Waals surface area contributed by atoms with E-state index in [2.05, 4.69) is 70.6 Å². The van der Waals surface area contributed by atoms with Gasteiger partial charge < -0.3 is 34.7 Å². The van der Waals surface area contributed by atoms with Crippen molar-refractivity contribution in [3.8, 4) is 43.4 Å². The van der Waals surface area contributed by atoms with Crippen molar-refractivity contribution in [1.82, 2.24) is 40.5 Å². The maximum absolute atomic E-state index is 14.8. The molecule has 8 rings (SSSR count). The zero-order valence-corrected chi connectivity index (χ0v) is 48.3. The van der Waals surface area contributed by atoms with E-state index >= 15 is 0 Å². The number of thiazole rings is 5. The van der Waals surface area contributed by atoms with Crippen LogP contribution in [-0.4, -0.2) is 96.3 Å². The molecule has 0 spiro atoms. The Kier molecular flexibility index (Phi) is 16.6. The highest BCUT2D eigenvalue weighted by atomic mass is 32.1. The molecule has 6 heterocycles. The summed E-state index contributed by atoms with van der Waals surface area (Å²) in [6, 6.07) is 22.0. The number of amides is 2. The fraction of sp³-hybridized carbons (Fsp3) is 0.321. The first-order valence-corrected chi connectivity index (χ1v) is 30.3. The summed E-state index contributed by atoms with van der Waals surface area (Å²) in [7, 11) is -3.26. The summed E-state index contributed by atoms with van der Waals surface area (Å²) in [6.07, 6.45) is -1.49. The van der Waals surface area contributed by atoms with Crippen LogP contribution < -0.4 is 21.0 Å². The molecule has 0 saturated heterocycles. The topological polar surface area (TPSA) is 238 Å². The number of nitrogens with one attached hydrogen (secondary N) is 2. The summed E-state index contributed by atoms with van der Waals surface area (Å²) in [6.45, 7) is 18.6. The number of carboxylic acid groups (broad SMARTS) is 1. The van der Waals surface area contributed by atoms with Gasteiger partial charge in [0.15, 0.2) is 11.4 Å². The predicted octanol–water partition coefficient (Wildman–Crippen LogP) is 10.7. The molecule has 0 radical (unpaired) electrons. The van der Waals surface area contributed by atoms with E-state index in [1.54, 1.807) is 49.9 Å². The lowest BCUT2D eigenvalue weighted by molar-refractivity contribution is 0.0163. The van der Waals surface area contributed by atoms with E-state index in [1.807, 2.05) is 54.8 Å². The second-order valence-electron chi connectivity index (χ2n) is 20.0. The average molecular weight is 1140 g/mol. The lowest BCUT2D eigenvalue weighted by Crippen LogP contribution is -2.68. The third-order valence-corrected chi connectivity index (χ3v) is 21.3. The van der Waals surface area contributed by atoms with Crippen LogP contribution in [0.1, 0.15) is 123 Å². The molecule has 2 aromatic carbocycles. The molecule has 0 saturated carbocycles. The van der Waals surface area contributed by atoms with Crippen LogP contribution in [0, 0.1) is 0 Å². The number of pyridine rings is 1. The molecule has 8 aromatic rings. The summed E-state index contributed by atoms with van der Waals surface area (Å²) in [5.74, 6) is -2.26. The van der Waals surface area contributed by atoms with Gasteiger partial charge >= 0.3 is 18.0 Å². The van der Waals surface area contributed by atoms with Crippen LogP contribution in [0.2, 0.25) is 5.04 Å². The first-order valence-electron chi connectivity index (χ1n) is 24.0. The van der Waals surface area contributed by atoms with E-state index in [0.717, 1.165) is 21.7 Å². The van der Waals surface area contributed by atoms with Crippen LogP contribution in [-0.2, 0) is 13.9 Å². The maximum Gasteiger partial charge on any atom is 0.408 e. The number of esters is 1. The largest absolute Gasteiger partial charge is 0.476 e. The molecule has 0 aliphatic rings. The van der Waals surface area contributed by atoms with Gasteiger partial charge in [-0.1, -0.05) is 81.4 Å². The number of hydrogen-bond acceptors (Lipinski definition) is 19. The minimum absolute atomic E-state index is 0.0391. The highest BCUT2D eigenvalue weighted by molar-refractivity contribution is 7.15. The number of aromatic nitrogens is 6. The standard InChI is InChI=1S/C53H56N8O9S5Si/c1-11-68-49(65)38-28-71-43(59-38)32-22-23-33(44-57-36(26-72-44)45-58-37(27-73-45)48(63)64)54-40(32)34-24-74-46(55-34)39(29(2)70-76(52(6,7)8,30-18-14-12-15-19-30)31-20-16-13-17-21-31)60-42(62)35-25-75-47(56-35)41(53(9,10)67)61-50(66)69-51(3,4)5/h12-29,39,41,67H,11H2,1-10H3,(H,60,62)(H,61,66)(H,63,64)/t29-,39+,41+/m1/s1. The van der Waals surface area contributed by atoms with Gasteiger partial charge in [0.25, 0.3) is 14.2 Å². The van der Waals surface area contributed by atoms with E-state index in [9.17, 15) is 29.4 Å². The zero-order valence-electron chi connectivity index (χ0n) is 43.2. The number of carbonyl (C=O) groups is 4. The number of aliphatic hydroxyl groups is 1. The van der Waals surface area contributed by atoms with Crippen LogP contribution in [0.5, 0.6) is 0 Å². The monoisotopic (exact) mass is 1140 g/mol. The van der Waals surface area contributed by atoms with E-state index < -0.39 is 66.7 Å². The Hall–Kier alpha value is -6.44. The smallest absolute Gasteiger partial charge is 0.408 e. The van der Waals surface area contributed by atoms with Gasteiger partial charge in [-0.3, -0.25) is 4.79 Å². The van der Waals surface area contributed by atoms with Gasteiger partial charge in [-0.05, 0) is 76.0 Å². The predicted molar refractivity (Wildman–Crippen MR) is 300 cm³/mol. The second-order valence-corrected chi connectivity index (χ2v) is 28.7. The van der Waals surface area contributed by atoms with E-state index in [4.69, 9.17) is 28.9 Å². The van der Waals surface area contributed by atoms with Crippen molar-refractivity contribution < 1.29 is 43.3 Å². The Morgan fingerprint density at radius 1 is 0.632 bits per heavy atom. The van der Waals surface area contributed by atoms with Crippen LogP contribution in [0.4, 0.5) is 4.79 Å². The number of carbonyl (C=O) groups excluding carboxylic acids is 3. The molecule has 76 heavy (non-hydrogen) atoms. The number of ether oxygens (including phenoxy) is 2. The molecular formula is C53H56N8O9S5Si. The van der Waals surface area contributed by atoms with Gasteiger partial charge in [-0.15, -0.1) is 56.7 Å². The fourth-order valence-electron chi connectivity index (χ4n) is 8.28. The summed E-state index contributed by atoms with van der Waals surface area (Å²) >= 11 is 6.13. The Labute approximate surface area is 460 Å². The van der Waals surface area contributed by atoms with Crippen molar-refractivity contribution in [2.45, 2.75) is 104 Å². The molecule has 0 bridgehead atoms. The normalized spacial score (nSPS) is 13.4. The lowest BCUT2D eigenvalue weighted by Gasteiger charge is -2.45. The van der Waals surface area contributed by atoms with Crippen molar-refractivity contribution in [1.29, 1.82) is 0 Å². The zero-order chi connectivity index (χ0) is 54.7. The number of rotatable bonds is 18. The molecule has 4 N–H and O–H groups in total. The Bertz CT molecular complexity index is 3320. The minimum Gasteiger partial charge on any atom is -0.476 e. The van der Waals surface area contributed by atoms with Crippen LogP contribution in [0.25, 0.3) is 43.4 Å². The van der Waals surface area contributed by atoms with Gasteiger partial charge in [-0.2, -0.15) is 0 Å². The fourth-order valence-corrected chi connectivity index (χ4v) is 17.4. The van der Waals surface area contributed by atoms with Crippen LogP contribution >= 0.6 is 56.7 Å². The molecule has 17 nitrogen and oxygen atoms in total. The van der Waals surface area contributed by atoms with E-state index in [1.165, 1.54) is 64.6 Å². The number of alkyl carbamates (subject to hydrolysis) is 1. The Morgan fingerprint density at radius 2 is 1.21 bits per heavy atom. The molecule has 3 atom stereocenters. The molecule has 396 valence electrons. The summed E-state index contributed by atoms with van der Waals surface area (Å²) in [5.41, 5.74) is 0.188. The number of hydrogen-bond donors (Lipinski definition) is 4. The van der Waals surface area contributed by atoms with Crippen LogP contribution in [0.15, 0.2) is 99.7 Å². The molecule has 0 fully saturated rings. The SMILES string of the molecule is CCOC(=O)c1csc(-c2ccc(-c3nc(-c4nc(C(=O)O)cs4)cs3)nc2-c2csc([C@@H](NC(=O)c3csc([C@H](NC(=O)OC(C)(C)C)C(C)(C)O)n3)[C@@H](C)O[Si](c3ccccc3)(c3ccccc3)C(C)(C)C)n2)n1. The Balaban J connectivity index is 1.23. The molecule has 0 unspecified atom stereocenters. The van der Waals surface area contributed by atoms with Gasteiger partial charge in [0.1, 0.15) is 65.5 Å². The second kappa shape index (κ2) is 22.6. The highest BCUT2D eigenvalue weighted by Crippen LogP contribution is 2.42. The molecule has 0 aliphatic heterocycles. The third-order valence-electron chi connectivity index (χ3n) is 11.7. The summed E-state index contributed by atoms with van der Waals surface area (Å²) in [4.78, 5) is 81.0. The molecular weight excluding hydrogens is 1080 g/mol.